The lowest BCUT2D eigenvalue weighted by molar-refractivity contribution is -0.355. The molecule has 0 spiro atoms. The molecule has 0 N–H and O–H groups in total. The number of carbonyl (C=O) groups excluding carboxylic acids is 1. The molecule has 10 atom stereocenters. The van der Waals surface area contributed by atoms with E-state index in [0.717, 1.165) is 18.4 Å². The molecule has 1 saturated carbocycles. The molecule has 278 valence electrons. The van der Waals surface area contributed by atoms with E-state index in [1.54, 1.807) is 0 Å². The first-order valence-corrected chi connectivity index (χ1v) is 20.1. The zero-order valence-corrected chi connectivity index (χ0v) is 31.9. The summed E-state index contributed by atoms with van der Waals surface area (Å²) in [7, 11) is -1.68. The Hall–Kier alpha value is -3.58. The van der Waals surface area contributed by atoms with E-state index < -0.39 is 57.3 Å². The Morgan fingerprint density at radius 2 is 1.44 bits per heavy atom. The molecule has 0 bridgehead atoms. The highest BCUT2D eigenvalue weighted by atomic mass is 28.4. The van der Waals surface area contributed by atoms with Gasteiger partial charge in [0, 0.05) is 10.5 Å². The highest BCUT2D eigenvalue weighted by molar-refractivity contribution is 6.99. The van der Waals surface area contributed by atoms with Gasteiger partial charge in [0.1, 0.15) is 31.0 Å². The van der Waals surface area contributed by atoms with Crippen LogP contribution in [0.15, 0.2) is 96.1 Å². The lowest BCUT2D eigenvalue weighted by Crippen LogP contribution is -2.70. The third-order valence-corrected chi connectivity index (χ3v) is 15.8. The Balaban J connectivity index is 1.36. The van der Waals surface area contributed by atoms with Crippen LogP contribution >= 0.6 is 0 Å². The van der Waals surface area contributed by atoms with Crippen molar-refractivity contribution in [1.82, 2.24) is 0 Å². The van der Waals surface area contributed by atoms with Crippen LogP contribution < -0.4 is 10.4 Å². The second-order valence-corrected chi connectivity index (χ2v) is 19.4. The molecule has 3 aromatic rings. The van der Waals surface area contributed by atoms with Gasteiger partial charge in [-0.1, -0.05) is 131 Å². The maximum atomic E-state index is 12.3. The SMILES string of the molecule is COC(=O)CO[C@@H]1C(N=[N+]=[N-])C(O[C@@H]2[C@@H](O[Si](c3ccccc3)(c3ccccc3)C(C)(C)C)[C@H](C)CC[C@H]2C)OC2COC(c3ccccc3)O[C@@H]21. The van der Waals surface area contributed by atoms with Crippen LogP contribution in [0.4, 0.5) is 0 Å². The number of azide groups is 1. The summed E-state index contributed by atoms with van der Waals surface area (Å²) >= 11 is 0. The van der Waals surface area contributed by atoms with Crippen LogP contribution in [0, 0.1) is 11.8 Å². The zero-order chi connectivity index (χ0) is 36.9. The lowest BCUT2D eigenvalue weighted by Gasteiger charge is -2.52. The van der Waals surface area contributed by atoms with E-state index in [9.17, 15) is 10.3 Å². The van der Waals surface area contributed by atoms with Crippen LogP contribution in [0.25, 0.3) is 10.4 Å². The molecule has 1 aliphatic carbocycles. The summed E-state index contributed by atoms with van der Waals surface area (Å²) in [6.45, 7) is 11.0. The summed E-state index contributed by atoms with van der Waals surface area (Å²) < 4.78 is 45.1. The highest BCUT2D eigenvalue weighted by Gasteiger charge is 2.56. The van der Waals surface area contributed by atoms with Gasteiger partial charge in [-0.25, -0.2) is 4.79 Å². The predicted molar refractivity (Wildman–Crippen MR) is 198 cm³/mol. The summed E-state index contributed by atoms with van der Waals surface area (Å²) in [6.07, 6.45) is -2.87. The largest absolute Gasteiger partial charge is 0.467 e. The van der Waals surface area contributed by atoms with Crippen molar-refractivity contribution in [2.75, 3.05) is 20.3 Å². The van der Waals surface area contributed by atoms with Crippen LogP contribution in [0.3, 0.4) is 0 Å². The van der Waals surface area contributed by atoms with Crippen molar-refractivity contribution in [3.05, 3.63) is 107 Å². The predicted octanol–water partition coefficient (Wildman–Crippen LogP) is 6.46. The number of esters is 1. The van der Waals surface area contributed by atoms with E-state index in [1.165, 1.54) is 17.5 Å². The van der Waals surface area contributed by atoms with Gasteiger partial charge < -0.3 is 32.8 Å². The summed E-state index contributed by atoms with van der Waals surface area (Å²) in [5.41, 5.74) is 10.7. The van der Waals surface area contributed by atoms with Gasteiger partial charge in [-0.15, -0.1) is 0 Å². The van der Waals surface area contributed by atoms with E-state index in [1.807, 2.05) is 42.5 Å². The van der Waals surface area contributed by atoms with Crippen LogP contribution in [0.5, 0.6) is 0 Å². The molecule has 0 amide bonds. The molecule has 2 aliphatic heterocycles. The molecule has 2 saturated heterocycles. The topological polar surface area (TPSA) is 130 Å². The first kappa shape index (κ1) is 38.2. The van der Waals surface area contributed by atoms with Crippen molar-refractivity contribution in [3.8, 4) is 0 Å². The molecule has 2 heterocycles. The first-order valence-electron chi connectivity index (χ1n) is 18.2. The minimum Gasteiger partial charge on any atom is -0.467 e. The second-order valence-electron chi connectivity index (χ2n) is 15.1. The average Bonchev–Trinajstić information content (AvgIpc) is 3.16. The van der Waals surface area contributed by atoms with E-state index in [-0.39, 0.29) is 36.2 Å². The smallest absolute Gasteiger partial charge is 0.331 e. The Morgan fingerprint density at radius 3 is 2.00 bits per heavy atom. The van der Waals surface area contributed by atoms with E-state index in [4.69, 9.17) is 32.8 Å². The molecule has 11 nitrogen and oxygen atoms in total. The van der Waals surface area contributed by atoms with Gasteiger partial charge in [-0.2, -0.15) is 0 Å². The number of fused-ring (bicyclic) bond motifs is 1. The lowest BCUT2D eigenvalue weighted by atomic mass is 9.79. The van der Waals surface area contributed by atoms with Gasteiger partial charge in [-0.05, 0) is 45.6 Å². The van der Waals surface area contributed by atoms with Crippen molar-refractivity contribution in [1.29, 1.82) is 0 Å². The number of rotatable bonds is 11. The minimum absolute atomic E-state index is 0.0863. The quantitative estimate of drug-likeness (QED) is 0.0723. The third kappa shape index (κ3) is 7.85. The van der Waals surface area contributed by atoms with Crippen molar-refractivity contribution in [2.45, 2.75) is 102 Å². The minimum atomic E-state index is -2.98. The molecule has 12 heteroatoms. The molecule has 3 aliphatic rings. The van der Waals surface area contributed by atoms with Crippen molar-refractivity contribution in [3.63, 3.8) is 0 Å². The molecule has 4 unspecified atom stereocenters. The molecule has 52 heavy (non-hydrogen) atoms. The molecule has 6 rings (SSSR count). The molecule has 3 fully saturated rings. The van der Waals surface area contributed by atoms with Gasteiger partial charge in [0.05, 0.1) is 25.9 Å². The fraction of sp³-hybridized carbons (Fsp3) is 0.525. The average molecular weight is 730 g/mol. The van der Waals surface area contributed by atoms with Crippen molar-refractivity contribution < 1.29 is 37.6 Å². The normalized spacial score (nSPS) is 30.8. The third-order valence-electron chi connectivity index (χ3n) is 10.7. The first-order chi connectivity index (χ1) is 25.1. The number of hydrogen-bond acceptors (Lipinski definition) is 9. The molecular weight excluding hydrogens is 679 g/mol. The summed E-state index contributed by atoms with van der Waals surface area (Å²) in [6, 6.07) is 29.7. The summed E-state index contributed by atoms with van der Waals surface area (Å²) in [5, 5.41) is 6.30. The fourth-order valence-corrected chi connectivity index (χ4v) is 12.8. The van der Waals surface area contributed by atoms with E-state index in [2.05, 4.69) is 93.2 Å². The number of benzene rings is 3. The zero-order valence-electron chi connectivity index (χ0n) is 30.9. The Bertz CT molecular complexity index is 1620. The monoisotopic (exact) mass is 729 g/mol. The van der Waals surface area contributed by atoms with Crippen LogP contribution in [0.2, 0.25) is 5.04 Å². The van der Waals surface area contributed by atoms with Crippen molar-refractivity contribution >= 4 is 24.7 Å². The van der Waals surface area contributed by atoms with Crippen LogP contribution in [-0.4, -0.2) is 77.5 Å². The number of ether oxygens (including phenoxy) is 6. The molecule has 3 aromatic carbocycles. The Labute approximate surface area is 307 Å². The number of carbonyl (C=O) groups is 1. The molecular formula is C40H51N3O8Si. The van der Waals surface area contributed by atoms with E-state index in [0.29, 0.717) is 0 Å². The van der Waals surface area contributed by atoms with Gasteiger partial charge in [0.25, 0.3) is 8.32 Å². The molecule has 0 aromatic heterocycles. The van der Waals surface area contributed by atoms with Crippen LogP contribution in [0.1, 0.15) is 59.3 Å². The standard InChI is InChI=1S/C40H51N3O8Si/c1-26-22-23-27(2)35(51-52(40(3,4)5,29-18-12-8-13-19-29)30-20-14-9-15-21-30)34(26)49-39-33(42-43-41)37(46-25-32(44)45-6)36-31(48-39)24-47-38(50-36)28-16-10-7-11-17-28/h7-21,26-27,31,33-39H,22-25H2,1-6H3/t26-,27-,31?,33?,34+,35+,36+,37-,38?,39?/m1/s1. The number of nitrogens with zero attached hydrogens (tertiary/aromatic N) is 3. The van der Waals surface area contributed by atoms with Crippen LogP contribution in [-0.2, 0) is 37.6 Å². The maximum absolute atomic E-state index is 12.3. The highest BCUT2D eigenvalue weighted by Crippen LogP contribution is 2.44. The van der Waals surface area contributed by atoms with E-state index >= 15 is 0 Å². The Kier molecular flexibility index (Phi) is 12.2. The summed E-state index contributed by atoms with van der Waals surface area (Å²) in [5.74, 6) is -0.333. The second kappa shape index (κ2) is 16.6. The van der Waals surface area contributed by atoms with Gasteiger partial charge in [-0.3, -0.25) is 0 Å². The maximum Gasteiger partial charge on any atom is 0.331 e. The molecule has 0 radical (unpaired) electrons. The fourth-order valence-electron chi connectivity index (χ4n) is 8.00. The van der Waals surface area contributed by atoms with Gasteiger partial charge in [0.15, 0.2) is 12.6 Å². The summed E-state index contributed by atoms with van der Waals surface area (Å²) in [4.78, 5) is 15.5. The Morgan fingerprint density at radius 1 is 0.865 bits per heavy atom. The van der Waals surface area contributed by atoms with Crippen molar-refractivity contribution in [2.24, 2.45) is 17.0 Å². The van der Waals surface area contributed by atoms with Gasteiger partial charge >= 0.3 is 5.97 Å². The number of hydrogen-bond donors (Lipinski definition) is 0. The number of methoxy groups -OCH3 is 1. The van der Waals surface area contributed by atoms with Gasteiger partial charge in [0.2, 0.25) is 0 Å².